The van der Waals surface area contributed by atoms with Gasteiger partial charge in [-0.15, -0.1) is 0 Å². The van der Waals surface area contributed by atoms with Crippen LogP contribution in [-0.4, -0.2) is 18.3 Å². The normalized spacial score (nSPS) is 14.3. The summed E-state index contributed by atoms with van der Waals surface area (Å²) in [6.07, 6.45) is 1.95. The first-order chi connectivity index (χ1) is 14.4. The first-order valence-corrected chi connectivity index (χ1v) is 16.8. The fraction of sp³-hybridized carbons (Fsp3) is 0.148. The van der Waals surface area contributed by atoms with E-state index in [0.29, 0.717) is 0 Å². The third kappa shape index (κ3) is 2.34. The van der Waals surface area contributed by atoms with Crippen LogP contribution in [0.25, 0.3) is 44.3 Å². The summed E-state index contributed by atoms with van der Waals surface area (Å²) in [4.78, 5) is 4.69. The van der Waals surface area contributed by atoms with Crippen molar-refractivity contribution in [1.29, 1.82) is 0 Å². The van der Waals surface area contributed by atoms with E-state index < -0.39 is 13.3 Å². The second-order valence-electron chi connectivity index (χ2n) is 9.00. The van der Waals surface area contributed by atoms with Gasteiger partial charge in [-0.1, -0.05) is 0 Å². The Morgan fingerprint density at radius 1 is 0.733 bits per heavy atom. The summed E-state index contributed by atoms with van der Waals surface area (Å²) in [7, 11) is 0. The molecule has 30 heavy (non-hydrogen) atoms. The molecule has 3 heteroatoms. The van der Waals surface area contributed by atoms with E-state index in [2.05, 4.69) is 86.0 Å². The van der Waals surface area contributed by atoms with Crippen LogP contribution < -0.4 is 8.79 Å². The van der Waals surface area contributed by atoms with Crippen molar-refractivity contribution in [2.24, 2.45) is 0 Å². The topological polar surface area (TPSA) is 26.0 Å². The zero-order valence-electron chi connectivity index (χ0n) is 17.7. The Morgan fingerprint density at radius 3 is 2.37 bits per heavy atom. The van der Waals surface area contributed by atoms with Crippen molar-refractivity contribution >= 4 is 44.0 Å². The second kappa shape index (κ2) is 6.08. The van der Waals surface area contributed by atoms with Crippen LogP contribution in [0, 0.1) is 13.8 Å². The Hall–Kier alpha value is -2.85. The third-order valence-corrected chi connectivity index (χ3v) is 14.3. The molecule has 0 spiro atoms. The Morgan fingerprint density at radius 2 is 1.53 bits per heavy atom. The van der Waals surface area contributed by atoms with Gasteiger partial charge in [-0.2, -0.15) is 0 Å². The second-order valence-corrected chi connectivity index (χ2v) is 18.1. The predicted molar refractivity (Wildman–Crippen MR) is 129 cm³/mol. The number of aryl methyl sites for hydroxylation is 2. The molecule has 0 aliphatic carbocycles. The summed E-state index contributed by atoms with van der Waals surface area (Å²) in [5.74, 6) is 5.01. The summed E-state index contributed by atoms with van der Waals surface area (Å²) in [6, 6.07) is 22.2. The van der Waals surface area contributed by atoms with Gasteiger partial charge in [0.25, 0.3) is 0 Å². The zero-order chi connectivity index (χ0) is 20.6. The number of rotatable bonds is 1. The summed E-state index contributed by atoms with van der Waals surface area (Å²) < 4.78 is 9.63. The minimum absolute atomic E-state index is 0.936. The molecule has 2 nitrogen and oxygen atoms in total. The van der Waals surface area contributed by atoms with Crippen LogP contribution in [0.1, 0.15) is 11.1 Å². The van der Waals surface area contributed by atoms with Crippen molar-refractivity contribution in [3.63, 3.8) is 0 Å². The molecule has 0 saturated heterocycles. The summed E-state index contributed by atoms with van der Waals surface area (Å²) >= 11 is -2.30. The van der Waals surface area contributed by atoms with E-state index >= 15 is 0 Å². The van der Waals surface area contributed by atoms with Crippen molar-refractivity contribution in [3.05, 3.63) is 78.0 Å². The standard InChI is InChI=1S/C27H23GeNO/c1-16-12-25(29-15-17(16)2)20-10-7-9-19-22-13-24-21(14-26(22)30-27(19)20)18-8-5-6-11-23(18)28(24,3)4/h5-15H,1-4H3. The average molecular weight is 450 g/mol. The first kappa shape index (κ1) is 18.0. The summed E-state index contributed by atoms with van der Waals surface area (Å²) in [6.45, 7) is 4.23. The summed E-state index contributed by atoms with van der Waals surface area (Å²) in [5.41, 5.74) is 9.16. The Kier molecular flexibility index (Phi) is 3.64. The molecule has 0 amide bonds. The molecule has 3 aromatic carbocycles. The van der Waals surface area contributed by atoms with Crippen LogP contribution in [0.2, 0.25) is 11.5 Å². The molecule has 0 saturated carbocycles. The minimum atomic E-state index is -2.30. The van der Waals surface area contributed by atoms with Crippen LogP contribution in [0.4, 0.5) is 0 Å². The number of para-hydroxylation sites is 1. The monoisotopic (exact) mass is 451 g/mol. The quantitative estimate of drug-likeness (QED) is 0.290. The van der Waals surface area contributed by atoms with Gasteiger partial charge in [0.15, 0.2) is 0 Å². The molecule has 6 rings (SSSR count). The van der Waals surface area contributed by atoms with Gasteiger partial charge in [0, 0.05) is 0 Å². The van der Waals surface area contributed by atoms with E-state index in [1.165, 1.54) is 33.0 Å². The van der Waals surface area contributed by atoms with Gasteiger partial charge >= 0.3 is 179 Å². The van der Waals surface area contributed by atoms with E-state index in [-0.39, 0.29) is 0 Å². The van der Waals surface area contributed by atoms with Gasteiger partial charge in [0.05, 0.1) is 0 Å². The molecule has 5 aromatic rings. The fourth-order valence-electron chi connectivity index (χ4n) is 4.97. The van der Waals surface area contributed by atoms with E-state index in [1.807, 2.05) is 6.20 Å². The van der Waals surface area contributed by atoms with Crippen LogP contribution >= 0.6 is 0 Å². The number of pyridine rings is 1. The van der Waals surface area contributed by atoms with Crippen LogP contribution in [-0.2, 0) is 0 Å². The summed E-state index contributed by atoms with van der Waals surface area (Å²) in [5, 5.41) is 2.40. The van der Waals surface area contributed by atoms with Crippen molar-refractivity contribution in [1.82, 2.24) is 4.98 Å². The van der Waals surface area contributed by atoms with E-state index in [1.54, 1.807) is 8.79 Å². The van der Waals surface area contributed by atoms with E-state index in [0.717, 1.165) is 22.4 Å². The predicted octanol–water partition coefficient (Wildman–Crippen LogP) is 6.07. The number of hydrogen-bond donors (Lipinski definition) is 0. The molecule has 0 unspecified atom stereocenters. The zero-order valence-corrected chi connectivity index (χ0v) is 19.8. The van der Waals surface area contributed by atoms with Gasteiger partial charge in [0.2, 0.25) is 0 Å². The molecule has 0 fully saturated rings. The molecular formula is C27H23GeNO. The molecule has 0 atom stereocenters. The molecule has 0 bridgehead atoms. The van der Waals surface area contributed by atoms with E-state index in [4.69, 9.17) is 9.40 Å². The van der Waals surface area contributed by atoms with E-state index in [9.17, 15) is 0 Å². The molecule has 1 aliphatic rings. The number of hydrogen-bond acceptors (Lipinski definition) is 2. The first-order valence-electron chi connectivity index (χ1n) is 10.5. The van der Waals surface area contributed by atoms with Crippen LogP contribution in [0.3, 0.4) is 0 Å². The van der Waals surface area contributed by atoms with Crippen molar-refractivity contribution < 1.29 is 4.42 Å². The number of nitrogens with zero attached hydrogens (tertiary/aromatic N) is 1. The fourth-order valence-corrected chi connectivity index (χ4v) is 11.4. The Balaban J connectivity index is 1.65. The molecule has 0 N–H and O–H groups in total. The van der Waals surface area contributed by atoms with Crippen LogP contribution in [0.15, 0.2) is 71.3 Å². The Labute approximate surface area is 178 Å². The average Bonchev–Trinajstić information content (AvgIpc) is 3.22. The number of furan rings is 1. The van der Waals surface area contributed by atoms with Gasteiger partial charge in [-0.25, -0.2) is 0 Å². The van der Waals surface area contributed by atoms with Gasteiger partial charge < -0.3 is 0 Å². The third-order valence-electron chi connectivity index (χ3n) is 6.85. The molecule has 146 valence electrons. The molecule has 1 aliphatic heterocycles. The SMILES string of the molecule is Cc1cnc(-c2cccc3c2oc2cc4[c](cc23)[Ge]([CH3])([CH3])[c]2ccccc2-4)cc1C. The molecule has 3 heterocycles. The van der Waals surface area contributed by atoms with Crippen molar-refractivity contribution in [2.45, 2.75) is 25.4 Å². The van der Waals surface area contributed by atoms with Gasteiger partial charge in [-0.3, -0.25) is 0 Å². The Bertz CT molecular complexity index is 1490. The molecular weight excluding hydrogens is 427 g/mol. The number of fused-ring (bicyclic) bond motifs is 6. The maximum atomic E-state index is 6.50. The van der Waals surface area contributed by atoms with Crippen molar-refractivity contribution in [3.8, 4) is 22.4 Å². The number of benzene rings is 3. The number of aromatic nitrogens is 1. The van der Waals surface area contributed by atoms with Gasteiger partial charge in [-0.05, 0) is 0 Å². The molecule has 0 radical (unpaired) electrons. The van der Waals surface area contributed by atoms with Crippen LogP contribution in [0.5, 0.6) is 0 Å². The van der Waals surface area contributed by atoms with Gasteiger partial charge in [0.1, 0.15) is 0 Å². The molecule has 2 aromatic heterocycles. The maximum absolute atomic E-state index is 6.50. The van der Waals surface area contributed by atoms with Crippen molar-refractivity contribution in [2.75, 3.05) is 0 Å².